The van der Waals surface area contributed by atoms with Gasteiger partial charge in [-0.15, -0.1) is 0 Å². The molecule has 96 valence electrons. The van der Waals surface area contributed by atoms with Crippen LogP contribution in [0.5, 0.6) is 0 Å². The van der Waals surface area contributed by atoms with Crippen molar-refractivity contribution >= 4 is 23.2 Å². The van der Waals surface area contributed by atoms with E-state index in [2.05, 4.69) is 25.4 Å². The zero-order chi connectivity index (χ0) is 13.2. The van der Waals surface area contributed by atoms with Gasteiger partial charge in [-0.2, -0.15) is 0 Å². The van der Waals surface area contributed by atoms with Crippen molar-refractivity contribution in [2.24, 2.45) is 5.84 Å². The third kappa shape index (κ3) is 2.35. The van der Waals surface area contributed by atoms with Crippen molar-refractivity contribution < 1.29 is 0 Å². The summed E-state index contributed by atoms with van der Waals surface area (Å²) >= 11 is 1.35. The quantitative estimate of drug-likeness (QED) is 0.421. The van der Waals surface area contributed by atoms with Gasteiger partial charge in [-0.05, 0) is 24.8 Å². The Morgan fingerprint density at radius 3 is 2.95 bits per heavy atom. The number of fused-ring (bicyclic) bond motifs is 1. The largest absolute Gasteiger partial charge is 0.307 e. The fourth-order valence-electron chi connectivity index (χ4n) is 1.60. The highest BCUT2D eigenvalue weighted by Gasteiger charge is 2.10. The molecule has 3 aromatic rings. The summed E-state index contributed by atoms with van der Waals surface area (Å²) in [4.78, 5) is 17.2. The molecule has 7 nitrogen and oxygen atoms in total. The van der Waals surface area contributed by atoms with Crippen LogP contribution in [-0.4, -0.2) is 24.3 Å². The number of anilines is 1. The monoisotopic (exact) mass is 273 g/mol. The summed E-state index contributed by atoms with van der Waals surface area (Å²) in [6, 6.07) is 1.85. The minimum Gasteiger partial charge on any atom is -0.307 e. The summed E-state index contributed by atoms with van der Waals surface area (Å²) in [5.74, 6) is 5.97. The van der Waals surface area contributed by atoms with Gasteiger partial charge in [0.15, 0.2) is 16.6 Å². The summed E-state index contributed by atoms with van der Waals surface area (Å²) in [5, 5.41) is 1.33. The Bertz CT molecular complexity index is 724. The van der Waals surface area contributed by atoms with E-state index in [-0.39, 0.29) is 0 Å². The van der Waals surface area contributed by atoms with E-state index in [1.807, 2.05) is 23.6 Å². The Kier molecular flexibility index (Phi) is 3.02. The molecule has 0 spiro atoms. The van der Waals surface area contributed by atoms with Crippen LogP contribution < -0.4 is 11.3 Å². The van der Waals surface area contributed by atoms with Crippen molar-refractivity contribution in [1.29, 1.82) is 0 Å². The molecule has 0 atom stereocenters. The second-order valence-corrected chi connectivity index (χ2v) is 4.77. The van der Waals surface area contributed by atoms with Crippen LogP contribution in [0.4, 0.5) is 5.82 Å². The van der Waals surface area contributed by atoms with Crippen LogP contribution in [0.15, 0.2) is 41.0 Å². The average molecular weight is 273 g/mol. The lowest BCUT2D eigenvalue weighted by Gasteiger charge is -2.05. The topological polar surface area (TPSA) is 94.0 Å². The van der Waals surface area contributed by atoms with Crippen LogP contribution in [-0.2, 0) is 0 Å². The molecule has 0 unspecified atom stereocenters. The van der Waals surface area contributed by atoms with Crippen molar-refractivity contribution in [2.45, 2.75) is 17.1 Å². The number of nitrogens with one attached hydrogen (secondary N) is 1. The molecular weight excluding hydrogens is 262 g/mol. The normalized spacial score (nSPS) is 10.8. The molecule has 0 saturated heterocycles. The van der Waals surface area contributed by atoms with Gasteiger partial charge in [0, 0.05) is 24.3 Å². The molecule has 0 amide bonds. The summed E-state index contributed by atoms with van der Waals surface area (Å²) in [7, 11) is 0. The molecule has 0 fully saturated rings. The molecular formula is C11H11N7S. The average Bonchev–Trinajstić information content (AvgIpc) is 2.87. The lowest BCUT2D eigenvalue weighted by molar-refractivity contribution is 0.925. The van der Waals surface area contributed by atoms with E-state index in [0.29, 0.717) is 16.0 Å². The Morgan fingerprint density at radius 1 is 1.26 bits per heavy atom. The maximum absolute atomic E-state index is 5.41. The number of aryl methyl sites for hydroxylation is 1. The summed E-state index contributed by atoms with van der Waals surface area (Å²) < 4.78 is 1.85. The third-order valence-corrected chi connectivity index (χ3v) is 3.30. The highest BCUT2D eigenvalue weighted by atomic mass is 32.2. The van der Waals surface area contributed by atoms with Gasteiger partial charge >= 0.3 is 0 Å². The molecule has 0 bridgehead atoms. The molecule has 0 saturated carbocycles. The second kappa shape index (κ2) is 4.82. The van der Waals surface area contributed by atoms with Crippen LogP contribution in [0.25, 0.3) is 5.65 Å². The zero-order valence-electron chi connectivity index (χ0n) is 10.1. The van der Waals surface area contributed by atoms with Crippen molar-refractivity contribution in [3.8, 4) is 0 Å². The number of aromatic nitrogens is 5. The Labute approximate surface area is 113 Å². The summed E-state index contributed by atoms with van der Waals surface area (Å²) in [6.45, 7) is 1.92. The number of imidazole rings is 1. The molecule has 0 aromatic carbocycles. The van der Waals surface area contributed by atoms with E-state index in [0.717, 1.165) is 11.3 Å². The number of hydrazine groups is 1. The first-order valence-corrected chi connectivity index (χ1v) is 6.36. The lowest BCUT2D eigenvalue weighted by atomic mass is 10.5. The molecule has 3 heterocycles. The number of nitrogens with two attached hydrogens (primary N) is 1. The standard InChI is InChI=1S/C11H11N7S/c1-7-2-3-14-11(15-7)19-10-9-13-4-5-18(9)6-8(16-10)17-12/h2-6,17H,12H2,1H3. The van der Waals surface area contributed by atoms with Crippen LogP contribution in [0.2, 0.25) is 0 Å². The Hall–Kier alpha value is -2.19. The summed E-state index contributed by atoms with van der Waals surface area (Å²) in [5.41, 5.74) is 4.18. The van der Waals surface area contributed by atoms with E-state index in [1.54, 1.807) is 18.6 Å². The third-order valence-electron chi connectivity index (χ3n) is 2.45. The molecule has 0 radical (unpaired) electrons. The van der Waals surface area contributed by atoms with E-state index >= 15 is 0 Å². The van der Waals surface area contributed by atoms with Crippen LogP contribution in [0.1, 0.15) is 5.69 Å². The summed E-state index contributed by atoms with van der Waals surface area (Å²) in [6.07, 6.45) is 7.03. The van der Waals surface area contributed by atoms with Gasteiger partial charge in [-0.1, -0.05) is 0 Å². The van der Waals surface area contributed by atoms with E-state index in [4.69, 9.17) is 5.84 Å². The van der Waals surface area contributed by atoms with E-state index in [1.165, 1.54) is 11.8 Å². The molecule has 0 aliphatic carbocycles. The first kappa shape index (κ1) is 11.9. The van der Waals surface area contributed by atoms with E-state index < -0.39 is 0 Å². The van der Waals surface area contributed by atoms with Crippen LogP contribution in [0, 0.1) is 6.92 Å². The minimum absolute atomic E-state index is 0.556. The number of rotatable bonds is 3. The number of nitrogen functional groups attached to an aromatic ring is 1. The predicted molar refractivity (Wildman–Crippen MR) is 71.7 cm³/mol. The fraction of sp³-hybridized carbons (Fsp3) is 0.0909. The van der Waals surface area contributed by atoms with Crippen molar-refractivity contribution in [1.82, 2.24) is 24.3 Å². The second-order valence-electron chi connectivity index (χ2n) is 3.82. The first-order chi connectivity index (χ1) is 9.26. The predicted octanol–water partition coefficient (Wildman–Crippen LogP) is 1.26. The Morgan fingerprint density at radius 2 is 2.16 bits per heavy atom. The molecule has 0 aliphatic rings. The smallest absolute Gasteiger partial charge is 0.194 e. The lowest BCUT2D eigenvalue weighted by Crippen LogP contribution is -2.10. The SMILES string of the molecule is Cc1ccnc(Sc2nc(NN)cn3ccnc23)n1. The van der Waals surface area contributed by atoms with Crippen molar-refractivity contribution in [2.75, 3.05) is 5.43 Å². The number of hydrogen-bond acceptors (Lipinski definition) is 7. The number of hydrogen-bond donors (Lipinski definition) is 2. The van der Waals surface area contributed by atoms with E-state index in [9.17, 15) is 0 Å². The van der Waals surface area contributed by atoms with Gasteiger partial charge in [0.25, 0.3) is 0 Å². The highest BCUT2D eigenvalue weighted by Crippen LogP contribution is 2.27. The fourth-order valence-corrected chi connectivity index (χ4v) is 2.47. The van der Waals surface area contributed by atoms with Crippen molar-refractivity contribution in [3.63, 3.8) is 0 Å². The Balaban J connectivity index is 2.06. The van der Waals surface area contributed by atoms with Crippen LogP contribution in [0.3, 0.4) is 0 Å². The molecule has 3 rings (SSSR count). The minimum atomic E-state index is 0.556. The van der Waals surface area contributed by atoms with Crippen LogP contribution >= 0.6 is 11.8 Å². The zero-order valence-corrected chi connectivity index (χ0v) is 10.9. The maximum Gasteiger partial charge on any atom is 0.194 e. The first-order valence-electron chi connectivity index (χ1n) is 5.54. The highest BCUT2D eigenvalue weighted by molar-refractivity contribution is 7.99. The van der Waals surface area contributed by atoms with Gasteiger partial charge in [0.2, 0.25) is 0 Å². The number of nitrogens with zero attached hydrogens (tertiary/aromatic N) is 5. The molecule has 19 heavy (non-hydrogen) atoms. The van der Waals surface area contributed by atoms with Gasteiger partial charge in [-0.25, -0.2) is 25.8 Å². The van der Waals surface area contributed by atoms with Gasteiger partial charge in [0.1, 0.15) is 5.03 Å². The van der Waals surface area contributed by atoms with Gasteiger partial charge < -0.3 is 9.83 Å². The molecule has 3 N–H and O–H groups in total. The molecule has 8 heteroatoms. The van der Waals surface area contributed by atoms with Crippen molar-refractivity contribution in [3.05, 3.63) is 36.5 Å². The molecule has 0 aliphatic heterocycles. The van der Waals surface area contributed by atoms with Gasteiger partial charge in [-0.3, -0.25) is 0 Å². The molecule has 3 aromatic heterocycles. The maximum atomic E-state index is 5.41. The van der Waals surface area contributed by atoms with Gasteiger partial charge in [0.05, 0.1) is 6.20 Å².